The highest BCUT2D eigenvalue weighted by molar-refractivity contribution is 4.93. The molecule has 0 spiro atoms. The normalized spacial score (nSPS) is 12.4. The first-order chi connectivity index (χ1) is 18.4. The smallest absolute Gasteiger partial charge is 0.0169 e. The third kappa shape index (κ3) is 35.0. The van der Waals surface area contributed by atoms with Gasteiger partial charge >= 0.3 is 0 Å². The molecule has 0 atom stereocenters. The average molecular weight is 512 g/mol. The van der Waals surface area contributed by atoms with Gasteiger partial charge in [0.2, 0.25) is 0 Å². The zero-order chi connectivity index (χ0) is 26.7. The van der Waals surface area contributed by atoms with Crippen LogP contribution in [0.15, 0.2) is 48.6 Å². The van der Waals surface area contributed by atoms with Gasteiger partial charge in [0.1, 0.15) is 0 Å². The Bertz CT molecular complexity index is 460. The monoisotopic (exact) mass is 512 g/mol. The van der Waals surface area contributed by atoms with Crippen LogP contribution < -0.4 is 0 Å². The second-order valence-corrected chi connectivity index (χ2v) is 11.0. The fraction of sp³-hybridized carbons (Fsp3) is 0.757. The Balaban J connectivity index is 3.16. The Hall–Kier alpha value is -1.04. The molecule has 0 bridgehead atoms. The van der Waals surface area contributed by atoms with Gasteiger partial charge in [0, 0.05) is 0 Å². The first kappa shape index (κ1) is 36.0. The molecule has 215 valence electrons. The number of hydrogen-bond acceptors (Lipinski definition) is 0. The van der Waals surface area contributed by atoms with E-state index in [-0.39, 0.29) is 0 Å². The lowest BCUT2D eigenvalue weighted by molar-refractivity contribution is 0.573. The Morgan fingerprint density at radius 3 is 0.865 bits per heavy atom. The Kier molecular flexibility index (Phi) is 34.0. The van der Waals surface area contributed by atoms with Crippen LogP contribution in [-0.2, 0) is 0 Å². The predicted molar refractivity (Wildman–Crippen MR) is 172 cm³/mol. The van der Waals surface area contributed by atoms with Gasteiger partial charge in [0.25, 0.3) is 0 Å². The summed E-state index contributed by atoms with van der Waals surface area (Å²) in [6.45, 7) is 4.54. The molecule has 0 N–H and O–H groups in total. The van der Waals surface area contributed by atoms with Gasteiger partial charge in [-0.1, -0.05) is 165 Å². The number of hydrogen-bond donors (Lipinski definition) is 0. The van der Waals surface area contributed by atoms with E-state index >= 15 is 0 Å². The molecule has 37 heavy (non-hydrogen) atoms. The lowest BCUT2D eigenvalue weighted by atomic mass is 10.0. The van der Waals surface area contributed by atoms with Crippen molar-refractivity contribution in [2.75, 3.05) is 0 Å². The van der Waals surface area contributed by atoms with E-state index in [0.29, 0.717) is 0 Å². The van der Waals surface area contributed by atoms with Crippen LogP contribution in [0, 0.1) is 6.42 Å². The standard InChI is InChI=1S/C37H67/c1-3-5-7-9-11-13-15-17-19-21-23-25-27-29-31-33-35-37-36-34-32-30-28-26-24-22-20-18-16-14-12-10-8-6-4-2/h11-14,17-20,37H,3-10,15-16,21-36H2,1-2H3/b13-11-,14-12-,19-17-,20-18-. The SMILES string of the molecule is CCCCC/C=C\C/C=C\CCCCCCCC[CH]CCCCCCCC/C=C\C/C=C\CCCCC. The maximum Gasteiger partial charge on any atom is -0.0169 e. The molecule has 1 radical (unpaired) electrons. The zero-order valence-corrected chi connectivity index (χ0v) is 25.6. The van der Waals surface area contributed by atoms with Crippen LogP contribution in [-0.4, -0.2) is 0 Å². The quantitative estimate of drug-likeness (QED) is 0.0664. The second kappa shape index (κ2) is 35.0. The molecule has 0 heteroatoms. The second-order valence-electron chi connectivity index (χ2n) is 11.0. The molecule has 0 rings (SSSR count). The molecule has 0 aromatic carbocycles. The van der Waals surface area contributed by atoms with Crippen LogP contribution in [0.1, 0.15) is 181 Å². The molecular formula is C37H67. The lowest BCUT2D eigenvalue weighted by Crippen LogP contribution is -1.84. The summed E-state index contributed by atoms with van der Waals surface area (Å²) >= 11 is 0. The Morgan fingerprint density at radius 2 is 0.541 bits per heavy atom. The third-order valence-corrected chi connectivity index (χ3v) is 7.22. The van der Waals surface area contributed by atoms with Crippen LogP contribution in [0.25, 0.3) is 0 Å². The molecule has 0 amide bonds. The van der Waals surface area contributed by atoms with Crippen molar-refractivity contribution in [2.45, 2.75) is 181 Å². The highest BCUT2D eigenvalue weighted by Crippen LogP contribution is 2.14. The largest absolute Gasteiger partial charge is 0.0882 e. The van der Waals surface area contributed by atoms with Gasteiger partial charge in [-0.05, 0) is 70.6 Å². The van der Waals surface area contributed by atoms with Gasteiger partial charge in [0.05, 0.1) is 0 Å². The van der Waals surface area contributed by atoms with Crippen molar-refractivity contribution >= 4 is 0 Å². The van der Waals surface area contributed by atoms with E-state index < -0.39 is 0 Å². The summed E-state index contributed by atoms with van der Waals surface area (Å²) < 4.78 is 0. The molecule has 0 aliphatic heterocycles. The summed E-state index contributed by atoms with van der Waals surface area (Å²) in [4.78, 5) is 0. The maximum atomic E-state index is 2.56. The molecule has 0 aromatic heterocycles. The van der Waals surface area contributed by atoms with Crippen molar-refractivity contribution < 1.29 is 0 Å². The van der Waals surface area contributed by atoms with Crippen molar-refractivity contribution in [1.29, 1.82) is 0 Å². The van der Waals surface area contributed by atoms with Gasteiger partial charge in [-0.2, -0.15) is 0 Å². The van der Waals surface area contributed by atoms with E-state index in [0.717, 1.165) is 12.8 Å². The minimum absolute atomic E-state index is 1.12. The van der Waals surface area contributed by atoms with E-state index in [1.54, 1.807) is 0 Å². The molecule has 0 aliphatic rings. The van der Waals surface area contributed by atoms with Crippen molar-refractivity contribution in [3.05, 3.63) is 55.0 Å². The van der Waals surface area contributed by atoms with Gasteiger partial charge in [-0.25, -0.2) is 0 Å². The minimum Gasteiger partial charge on any atom is -0.0882 e. The summed E-state index contributed by atoms with van der Waals surface area (Å²) in [5.74, 6) is 0. The molecule has 0 unspecified atom stereocenters. The average Bonchev–Trinajstić information content (AvgIpc) is 2.91. The van der Waals surface area contributed by atoms with Crippen molar-refractivity contribution in [3.63, 3.8) is 0 Å². The van der Waals surface area contributed by atoms with Crippen LogP contribution in [0.4, 0.5) is 0 Å². The number of unbranched alkanes of at least 4 members (excludes halogenated alkanes) is 22. The molecule has 0 fully saturated rings. The molecular weight excluding hydrogens is 444 g/mol. The lowest BCUT2D eigenvalue weighted by Gasteiger charge is -2.03. The van der Waals surface area contributed by atoms with Gasteiger partial charge in [-0.3, -0.25) is 0 Å². The van der Waals surface area contributed by atoms with E-state index in [1.807, 2.05) is 0 Å². The van der Waals surface area contributed by atoms with E-state index in [9.17, 15) is 0 Å². The first-order valence-electron chi connectivity index (χ1n) is 16.8. The predicted octanol–water partition coefficient (Wildman–Crippen LogP) is 13.6. The van der Waals surface area contributed by atoms with Gasteiger partial charge in [0.15, 0.2) is 0 Å². The molecule has 0 nitrogen and oxygen atoms in total. The number of allylic oxidation sites excluding steroid dienone is 8. The van der Waals surface area contributed by atoms with Gasteiger partial charge in [-0.15, -0.1) is 0 Å². The highest BCUT2D eigenvalue weighted by atomic mass is 14.0. The summed E-state index contributed by atoms with van der Waals surface area (Å²) in [6.07, 6.45) is 56.5. The molecule has 0 saturated carbocycles. The Morgan fingerprint density at radius 1 is 0.270 bits per heavy atom. The van der Waals surface area contributed by atoms with Crippen LogP contribution >= 0.6 is 0 Å². The third-order valence-electron chi connectivity index (χ3n) is 7.22. The molecule has 0 aromatic rings. The van der Waals surface area contributed by atoms with Gasteiger partial charge < -0.3 is 0 Å². The van der Waals surface area contributed by atoms with E-state index in [4.69, 9.17) is 0 Å². The molecule has 0 aliphatic carbocycles. The fourth-order valence-corrected chi connectivity index (χ4v) is 4.70. The fourth-order valence-electron chi connectivity index (χ4n) is 4.70. The van der Waals surface area contributed by atoms with Crippen molar-refractivity contribution in [3.8, 4) is 0 Å². The van der Waals surface area contributed by atoms with Crippen LogP contribution in [0.3, 0.4) is 0 Å². The van der Waals surface area contributed by atoms with Crippen molar-refractivity contribution in [2.24, 2.45) is 0 Å². The Labute approximate surface area is 235 Å². The summed E-state index contributed by atoms with van der Waals surface area (Å²) in [6, 6.07) is 0. The summed E-state index contributed by atoms with van der Waals surface area (Å²) in [5.41, 5.74) is 0. The first-order valence-corrected chi connectivity index (χ1v) is 16.8. The van der Waals surface area contributed by atoms with Crippen LogP contribution in [0.5, 0.6) is 0 Å². The molecule has 0 saturated heterocycles. The number of rotatable bonds is 30. The summed E-state index contributed by atoms with van der Waals surface area (Å²) in [5, 5.41) is 0. The highest BCUT2D eigenvalue weighted by Gasteiger charge is 1.95. The summed E-state index contributed by atoms with van der Waals surface area (Å²) in [7, 11) is 0. The minimum atomic E-state index is 1.12. The zero-order valence-electron chi connectivity index (χ0n) is 25.6. The molecule has 0 heterocycles. The van der Waals surface area contributed by atoms with Crippen LogP contribution in [0.2, 0.25) is 0 Å². The van der Waals surface area contributed by atoms with Crippen molar-refractivity contribution in [1.82, 2.24) is 0 Å². The maximum absolute atomic E-state index is 2.56. The van der Waals surface area contributed by atoms with E-state index in [2.05, 4.69) is 68.9 Å². The topological polar surface area (TPSA) is 0 Å². The van der Waals surface area contributed by atoms with E-state index in [1.165, 1.54) is 154 Å².